The molecule has 5 heteroatoms. The lowest BCUT2D eigenvalue weighted by molar-refractivity contribution is 0.223. The lowest BCUT2D eigenvalue weighted by Crippen LogP contribution is -2.38. The molecule has 2 rings (SSSR count). The van der Waals surface area contributed by atoms with Crippen molar-refractivity contribution in [1.82, 2.24) is 10.6 Å². The lowest BCUT2D eigenvalue weighted by Gasteiger charge is -2.14. The Labute approximate surface area is 148 Å². The molecule has 0 aromatic heterocycles. The van der Waals surface area contributed by atoms with Gasteiger partial charge in [0.1, 0.15) is 5.75 Å². The minimum atomic E-state index is -0.244. The Morgan fingerprint density at radius 1 is 1.00 bits per heavy atom. The van der Waals surface area contributed by atoms with Crippen LogP contribution in [0.3, 0.4) is 0 Å². The summed E-state index contributed by atoms with van der Waals surface area (Å²) in [4.78, 5) is 11.8. The normalized spacial score (nSPS) is 10.3. The summed E-state index contributed by atoms with van der Waals surface area (Å²) in [6.07, 6.45) is 0.752. The van der Waals surface area contributed by atoms with E-state index in [4.69, 9.17) is 16.3 Å². The van der Waals surface area contributed by atoms with Crippen molar-refractivity contribution < 1.29 is 9.53 Å². The van der Waals surface area contributed by atoms with E-state index < -0.39 is 0 Å². The molecule has 2 aromatic carbocycles. The van der Waals surface area contributed by atoms with Crippen molar-refractivity contribution in [2.45, 2.75) is 27.2 Å². The summed E-state index contributed by atoms with van der Waals surface area (Å²) < 4.78 is 5.71. The highest BCUT2D eigenvalue weighted by molar-refractivity contribution is 6.30. The van der Waals surface area contributed by atoms with Gasteiger partial charge in [0.2, 0.25) is 0 Å². The summed E-state index contributed by atoms with van der Waals surface area (Å²) in [6, 6.07) is 11.4. The summed E-state index contributed by atoms with van der Waals surface area (Å²) in [7, 11) is 0. The highest BCUT2D eigenvalue weighted by atomic mass is 35.5. The molecule has 0 atom stereocenters. The van der Waals surface area contributed by atoms with E-state index in [9.17, 15) is 4.79 Å². The molecular formula is C19H23ClN2O2. The van der Waals surface area contributed by atoms with Crippen LogP contribution in [0.2, 0.25) is 5.02 Å². The summed E-state index contributed by atoms with van der Waals surface area (Å²) in [5.74, 6) is 0.830. The fourth-order valence-electron chi connectivity index (χ4n) is 2.36. The number of carbonyl (C=O) groups is 1. The quantitative estimate of drug-likeness (QED) is 0.772. The number of hydrogen-bond acceptors (Lipinski definition) is 2. The Kier molecular flexibility index (Phi) is 6.50. The maximum atomic E-state index is 11.8. The van der Waals surface area contributed by atoms with Crippen LogP contribution in [-0.4, -0.2) is 19.3 Å². The van der Waals surface area contributed by atoms with Gasteiger partial charge in [0.05, 0.1) is 0 Å². The van der Waals surface area contributed by atoms with E-state index in [2.05, 4.69) is 16.7 Å². The highest BCUT2D eigenvalue weighted by Crippen LogP contribution is 2.25. The number of amides is 2. The van der Waals surface area contributed by atoms with Crippen LogP contribution in [0, 0.1) is 20.8 Å². The van der Waals surface area contributed by atoms with Crippen LogP contribution < -0.4 is 15.4 Å². The van der Waals surface area contributed by atoms with Crippen LogP contribution in [0.15, 0.2) is 36.4 Å². The van der Waals surface area contributed by atoms with Crippen molar-refractivity contribution in [3.05, 3.63) is 63.7 Å². The average molecular weight is 347 g/mol. The van der Waals surface area contributed by atoms with Crippen LogP contribution in [0.4, 0.5) is 4.79 Å². The van der Waals surface area contributed by atoms with Crippen LogP contribution in [0.25, 0.3) is 0 Å². The molecule has 0 saturated carbocycles. The van der Waals surface area contributed by atoms with Crippen molar-refractivity contribution in [3.63, 3.8) is 0 Å². The molecular weight excluding hydrogens is 324 g/mol. The predicted molar refractivity (Wildman–Crippen MR) is 97.8 cm³/mol. The molecule has 0 fully saturated rings. The van der Waals surface area contributed by atoms with Gasteiger partial charge in [-0.05, 0) is 61.6 Å². The van der Waals surface area contributed by atoms with E-state index in [1.807, 2.05) is 51.1 Å². The van der Waals surface area contributed by atoms with Crippen LogP contribution >= 0.6 is 11.6 Å². The summed E-state index contributed by atoms with van der Waals surface area (Å²) in [6.45, 7) is 6.74. The molecule has 2 N–H and O–H groups in total. The van der Waals surface area contributed by atoms with Crippen molar-refractivity contribution in [3.8, 4) is 5.75 Å². The number of halogens is 1. The lowest BCUT2D eigenvalue weighted by atomic mass is 10.1. The number of hydrogen-bond donors (Lipinski definition) is 2. The number of aryl methyl sites for hydroxylation is 2. The first-order valence-corrected chi connectivity index (χ1v) is 8.31. The Morgan fingerprint density at radius 2 is 1.67 bits per heavy atom. The number of carbonyl (C=O) groups excluding carboxylic acids is 1. The standard InChI is InChI=1S/C19H23ClN2O2/c1-13-4-5-14(2)18(15(13)3)24-12-22-19(23)21-11-10-16-6-8-17(20)9-7-16/h4-9H,10-12H2,1-3H3,(H2,21,22,23). The molecule has 4 nitrogen and oxygen atoms in total. The highest BCUT2D eigenvalue weighted by Gasteiger charge is 2.07. The minimum Gasteiger partial charge on any atom is -0.473 e. The summed E-state index contributed by atoms with van der Waals surface area (Å²) >= 11 is 5.84. The van der Waals surface area contributed by atoms with Crippen LogP contribution in [-0.2, 0) is 6.42 Å². The molecule has 128 valence electrons. The first kappa shape index (κ1) is 18.1. The van der Waals surface area contributed by atoms with Crippen LogP contribution in [0.1, 0.15) is 22.3 Å². The number of rotatable bonds is 6. The van der Waals surface area contributed by atoms with Gasteiger partial charge in [-0.1, -0.05) is 35.9 Å². The molecule has 24 heavy (non-hydrogen) atoms. The number of nitrogens with one attached hydrogen (secondary N) is 2. The maximum Gasteiger partial charge on any atom is 0.317 e. The first-order chi connectivity index (χ1) is 11.5. The smallest absolute Gasteiger partial charge is 0.317 e. The molecule has 0 saturated heterocycles. The largest absolute Gasteiger partial charge is 0.473 e. The third-order valence-corrected chi connectivity index (χ3v) is 4.19. The van der Waals surface area contributed by atoms with Gasteiger partial charge in [0.25, 0.3) is 0 Å². The van der Waals surface area contributed by atoms with E-state index >= 15 is 0 Å². The van der Waals surface area contributed by atoms with Crippen molar-refractivity contribution >= 4 is 17.6 Å². The van der Waals surface area contributed by atoms with Gasteiger partial charge in [-0.25, -0.2) is 4.79 Å². The average Bonchev–Trinajstić information content (AvgIpc) is 2.56. The van der Waals surface area contributed by atoms with Crippen molar-refractivity contribution in [2.24, 2.45) is 0 Å². The first-order valence-electron chi connectivity index (χ1n) is 7.93. The van der Waals surface area contributed by atoms with Crippen molar-refractivity contribution in [1.29, 1.82) is 0 Å². The van der Waals surface area contributed by atoms with E-state index in [0.29, 0.717) is 11.6 Å². The summed E-state index contributed by atoms with van der Waals surface area (Å²) in [5, 5.41) is 6.23. The second kappa shape index (κ2) is 8.60. The monoisotopic (exact) mass is 346 g/mol. The van der Waals surface area contributed by atoms with Gasteiger partial charge >= 0.3 is 6.03 Å². The molecule has 0 spiro atoms. The third-order valence-electron chi connectivity index (χ3n) is 3.94. The molecule has 2 amide bonds. The Morgan fingerprint density at radius 3 is 2.38 bits per heavy atom. The molecule has 0 aliphatic rings. The van der Waals surface area contributed by atoms with Gasteiger partial charge in [-0.2, -0.15) is 0 Å². The SMILES string of the molecule is Cc1ccc(C)c(OCNC(=O)NCCc2ccc(Cl)cc2)c1C. The third kappa shape index (κ3) is 5.17. The Hall–Kier alpha value is -2.20. The molecule has 0 bridgehead atoms. The second-order valence-electron chi connectivity index (χ2n) is 5.75. The van der Waals surface area contributed by atoms with Crippen LogP contribution in [0.5, 0.6) is 5.75 Å². The maximum absolute atomic E-state index is 11.8. The minimum absolute atomic E-state index is 0.137. The molecule has 0 heterocycles. The number of ether oxygens (including phenoxy) is 1. The van der Waals surface area contributed by atoms with E-state index in [1.165, 1.54) is 5.56 Å². The molecule has 2 aromatic rings. The second-order valence-corrected chi connectivity index (χ2v) is 6.19. The Balaban J connectivity index is 1.72. The van der Waals surface area contributed by atoms with E-state index in [1.54, 1.807) is 0 Å². The fraction of sp³-hybridized carbons (Fsp3) is 0.316. The van der Waals surface area contributed by atoms with Gasteiger partial charge in [0, 0.05) is 11.6 Å². The zero-order valence-electron chi connectivity index (χ0n) is 14.3. The molecule has 0 aliphatic heterocycles. The van der Waals surface area contributed by atoms with Gasteiger partial charge < -0.3 is 15.4 Å². The zero-order chi connectivity index (χ0) is 17.5. The van der Waals surface area contributed by atoms with Gasteiger partial charge in [-0.15, -0.1) is 0 Å². The van der Waals surface area contributed by atoms with Gasteiger partial charge in [0.15, 0.2) is 6.73 Å². The topological polar surface area (TPSA) is 50.4 Å². The molecule has 0 radical (unpaired) electrons. The zero-order valence-corrected chi connectivity index (χ0v) is 15.0. The predicted octanol–water partition coefficient (Wildman–Crippen LogP) is 4.14. The van der Waals surface area contributed by atoms with Gasteiger partial charge in [-0.3, -0.25) is 0 Å². The van der Waals surface area contributed by atoms with Crippen molar-refractivity contribution in [2.75, 3.05) is 13.3 Å². The summed E-state index contributed by atoms with van der Waals surface area (Å²) in [5.41, 5.74) is 4.45. The van der Waals surface area contributed by atoms with E-state index in [-0.39, 0.29) is 12.8 Å². The Bertz CT molecular complexity index is 699. The molecule has 0 unspecified atom stereocenters. The fourth-order valence-corrected chi connectivity index (χ4v) is 2.48. The van der Waals surface area contributed by atoms with E-state index in [0.717, 1.165) is 28.9 Å². The number of benzene rings is 2. The molecule has 0 aliphatic carbocycles. The number of urea groups is 1.